The van der Waals surface area contributed by atoms with Crippen LogP contribution >= 0.6 is 11.6 Å². The van der Waals surface area contributed by atoms with Crippen LogP contribution in [0.1, 0.15) is 33.2 Å². The van der Waals surface area contributed by atoms with Gasteiger partial charge in [-0.25, -0.2) is 17.2 Å². The molecule has 3 rings (SSSR count). The molecule has 1 amide bonds. The summed E-state index contributed by atoms with van der Waals surface area (Å²) in [7, 11) is -3.52. The molecule has 1 atom stereocenters. The average molecular weight is 478 g/mol. The first-order valence-electron chi connectivity index (χ1n) is 9.32. The molecular weight excluding hydrogens is 460 g/mol. The maximum absolute atomic E-state index is 14.6. The predicted molar refractivity (Wildman–Crippen MR) is 117 cm³/mol. The number of hydrogen-bond donors (Lipinski definition) is 2. The molecule has 166 valence electrons. The fourth-order valence-corrected chi connectivity index (χ4v) is 4.47. The summed E-state index contributed by atoms with van der Waals surface area (Å²) >= 11 is 6.01. The summed E-state index contributed by atoms with van der Waals surface area (Å²) in [6.07, 6.45) is 2.22. The lowest BCUT2D eigenvalue weighted by Gasteiger charge is -2.19. The first kappa shape index (κ1) is 23.4. The molecule has 0 aliphatic heterocycles. The van der Waals surface area contributed by atoms with E-state index in [1.54, 1.807) is 18.2 Å². The lowest BCUT2D eigenvalue weighted by atomic mass is 9.95. The van der Waals surface area contributed by atoms with Crippen LogP contribution in [0, 0.1) is 29.9 Å². The van der Waals surface area contributed by atoms with Crippen LogP contribution in [-0.4, -0.2) is 31.3 Å². The Morgan fingerprint density at radius 3 is 2.53 bits per heavy atom. The first-order valence-corrected chi connectivity index (χ1v) is 11.8. The monoisotopic (exact) mass is 477 g/mol. The standard InChI is InChI=1S/C22H18ClF2N3O3S/c1-12-16(24)6-7-17(25)20(12)21-15(10-27-18(21)9-26)22(29)28-19(11-32(2,30)31)13-4-3-5-14(23)8-13/h3-8,10,19,27H,11H2,1-2H3,(H,28,29)/t19-/m0/s1. The minimum atomic E-state index is -3.52. The van der Waals surface area contributed by atoms with E-state index in [-0.39, 0.29) is 27.9 Å². The maximum atomic E-state index is 14.6. The van der Waals surface area contributed by atoms with Crippen molar-refractivity contribution in [3.05, 3.63) is 81.6 Å². The first-order chi connectivity index (χ1) is 15.0. The van der Waals surface area contributed by atoms with Gasteiger partial charge in [0, 0.05) is 28.6 Å². The van der Waals surface area contributed by atoms with E-state index in [4.69, 9.17) is 11.6 Å². The SMILES string of the molecule is Cc1c(F)ccc(F)c1-c1c(C(=O)N[C@@H](CS(C)(=O)=O)c2cccc(Cl)c2)c[nH]c1C#N. The highest BCUT2D eigenvalue weighted by Crippen LogP contribution is 2.34. The molecule has 0 unspecified atom stereocenters. The second-order valence-electron chi connectivity index (χ2n) is 7.27. The Morgan fingerprint density at radius 2 is 1.91 bits per heavy atom. The smallest absolute Gasteiger partial charge is 0.254 e. The highest BCUT2D eigenvalue weighted by atomic mass is 35.5. The van der Waals surface area contributed by atoms with E-state index >= 15 is 0 Å². The number of aromatic nitrogens is 1. The molecule has 0 fully saturated rings. The third-order valence-corrected chi connectivity index (χ3v) is 6.03. The molecule has 0 aliphatic rings. The van der Waals surface area contributed by atoms with Gasteiger partial charge in [0.1, 0.15) is 33.2 Å². The molecular formula is C22H18ClF2N3O3S. The van der Waals surface area contributed by atoms with Gasteiger partial charge >= 0.3 is 0 Å². The number of benzene rings is 2. The average Bonchev–Trinajstić information content (AvgIpc) is 3.13. The number of hydrogen-bond acceptors (Lipinski definition) is 4. The van der Waals surface area contributed by atoms with Gasteiger partial charge in [-0.2, -0.15) is 5.26 Å². The van der Waals surface area contributed by atoms with Crippen molar-refractivity contribution in [3.63, 3.8) is 0 Å². The van der Waals surface area contributed by atoms with Crippen LogP contribution in [0.4, 0.5) is 8.78 Å². The van der Waals surface area contributed by atoms with E-state index in [0.29, 0.717) is 10.6 Å². The molecule has 3 aromatic rings. The second-order valence-corrected chi connectivity index (χ2v) is 9.89. The number of carbonyl (C=O) groups is 1. The summed E-state index contributed by atoms with van der Waals surface area (Å²) in [5.74, 6) is -2.70. The van der Waals surface area contributed by atoms with Crippen molar-refractivity contribution in [2.45, 2.75) is 13.0 Å². The van der Waals surface area contributed by atoms with Crippen LogP contribution < -0.4 is 5.32 Å². The van der Waals surface area contributed by atoms with Crippen molar-refractivity contribution in [2.75, 3.05) is 12.0 Å². The van der Waals surface area contributed by atoms with E-state index in [2.05, 4.69) is 10.3 Å². The number of nitrogens with zero attached hydrogens (tertiary/aromatic N) is 1. The highest BCUT2D eigenvalue weighted by Gasteiger charge is 2.27. The van der Waals surface area contributed by atoms with Crippen molar-refractivity contribution in [2.24, 2.45) is 0 Å². The van der Waals surface area contributed by atoms with Gasteiger partial charge in [-0.1, -0.05) is 23.7 Å². The van der Waals surface area contributed by atoms with E-state index in [0.717, 1.165) is 18.4 Å². The van der Waals surface area contributed by atoms with Crippen LogP contribution in [0.2, 0.25) is 5.02 Å². The Balaban J connectivity index is 2.09. The van der Waals surface area contributed by atoms with Gasteiger partial charge in [-0.3, -0.25) is 4.79 Å². The Bertz CT molecular complexity index is 1350. The minimum absolute atomic E-state index is 0.0716. The quantitative estimate of drug-likeness (QED) is 0.552. The number of nitriles is 1. The van der Waals surface area contributed by atoms with Gasteiger partial charge in [0.2, 0.25) is 0 Å². The molecule has 32 heavy (non-hydrogen) atoms. The van der Waals surface area contributed by atoms with Crippen LogP contribution in [0.5, 0.6) is 0 Å². The van der Waals surface area contributed by atoms with E-state index < -0.39 is 39.2 Å². The molecule has 1 heterocycles. The van der Waals surface area contributed by atoms with Gasteiger partial charge in [0.25, 0.3) is 5.91 Å². The summed E-state index contributed by atoms with van der Waals surface area (Å²) in [5.41, 5.74) is -0.224. The summed E-state index contributed by atoms with van der Waals surface area (Å²) < 4.78 is 52.7. The van der Waals surface area contributed by atoms with E-state index in [1.807, 2.05) is 6.07 Å². The topological polar surface area (TPSA) is 103 Å². The van der Waals surface area contributed by atoms with Gasteiger partial charge in [0.15, 0.2) is 0 Å². The van der Waals surface area contributed by atoms with Crippen molar-refractivity contribution in [3.8, 4) is 17.2 Å². The van der Waals surface area contributed by atoms with E-state index in [1.165, 1.54) is 19.2 Å². The minimum Gasteiger partial charge on any atom is -0.352 e. The fraction of sp³-hybridized carbons (Fsp3) is 0.182. The number of carbonyl (C=O) groups excluding carboxylic acids is 1. The number of sulfone groups is 1. The molecule has 1 aromatic heterocycles. The zero-order valence-corrected chi connectivity index (χ0v) is 18.6. The third-order valence-electron chi connectivity index (χ3n) is 4.86. The van der Waals surface area contributed by atoms with Gasteiger partial charge < -0.3 is 10.3 Å². The fourth-order valence-electron chi connectivity index (χ4n) is 3.39. The molecule has 2 N–H and O–H groups in total. The summed E-state index contributed by atoms with van der Waals surface area (Å²) in [5, 5.41) is 12.4. The molecule has 0 bridgehead atoms. The molecule has 0 aliphatic carbocycles. The normalized spacial score (nSPS) is 12.2. The highest BCUT2D eigenvalue weighted by molar-refractivity contribution is 7.90. The Hall–Kier alpha value is -3.22. The summed E-state index contributed by atoms with van der Waals surface area (Å²) in [4.78, 5) is 15.7. The van der Waals surface area contributed by atoms with Crippen molar-refractivity contribution < 1.29 is 22.0 Å². The van der Waals surface area contributed by atoms with Crippen molar-refractivity contribution in [1.29, 1.82) is 5.26 Å². The van der Waals surface area contributed by atoms with Crippen LogP contribution in [-0.2, 0) is 9.84 Å². The number of H-pyrrole nitrogens is 1. The van der Waals surface area contributed by atoms with Crippen LogP contribution in [0.25, 0.3) is 11.1 Å². The molecule has 10 heteroatoms. The van der Waals surface area contributed by atoms with Crippen molar-refractivity contribution >= 4 is 27.3 Å². The lowest BCUT2D eigenvalue weighted by Crippen LogP contribution is -2.33. The zero-order valence-electron chi connectivity index (χ0n) is 17.0. The molecule has 0 radical (unpaired) electrons. The van der Waals surface area contributed by atoms with Crippen LogP contribution in [0.3, 0.4) is 0 Å². The maximum Gasteiger partial charge on any atom is 0.254 e. The number of rotatable bonds is 6. The molecule has 0 saturated heterocycles. The number of amides is 1. The largest absolute Gasteiger partial charge is 0.352 e. The van der Waals surface area contributed by atoms with Gasteiger partial charge in [0.05, 0.1) is 17.4 Å². The van der Waals surface area contributed by atoms with Crippen LogP contribution in [0.15, 0.2) is 42.6 Å². The van der Waals surface area contributed by atoms with Crippen molar-refractivity contribution in [1.82, 2.24) is 10.3 Å². The van der Waals surface area contributed by atoms with Gasteiger partial charge in [-0.05, 0) is 42.3 Å². The number of halogens is 3. The molecule has 0 saturated carbocycles. The lowest BCUT2D eigenvalue weighted by molar-refractivity contribution is 0.0941. The Kier molecular flexibility index (Phi) is 6.67. The molecule has 6 nitrogen and oxygen atoms in total. The number of nitrogens with one attached hydrogen (secondary N) is 2. The summed E-state index contributed by atoms with van der Waals surface area (Å²) in [6, 6.07) is 9.07. The predicted octanol–water partition coefficient (Wildman–Crippen LogP) is 4.31. The summed E-state index contributed by atoms with van der Waals surface area (Å²) in [6.45, 7) is 1.34. The van der Waals surface area contributed by atoms with Gasteiger partial charge in [-0.15, -0.1) is 0 Å². The zero-order chi connectivity index (χ0) is 23.6. The number of aromatic amines is 1. The Labute approximate surface area is 188 Å². The Morgan fingerprint density at radius 1 is 1.22 bits per heavy atom. The third kappa shape index (κ3) is 4.98. The van der Waals surface area contributed by atoms with E-state index in [9.17, 15) is 27.3 Å². The second kappa shape index (κ2) is 9.10. The molecule has 2 aromatic carbocycles. The molecule has 0 spiro atoms.